The number of rotatable bonds is 8. The van der Waals surface area contributed by atoms with Crippen LogP contribution in [0.3, 0.4) is 0 Å². The van der Waals surface area contributed by atoms with Gasteiger partial charge in [0.15, 0.2) is 0 Å². The predicted octanol–water partition coefficient (Wildman–Crippen LogP) is 1.09. The summed E-state index contributed by atoms with van der Waals surface area (Å²) >= 11 is 6.00. The molecule has 0 aliphatic carbocycles. The van der Waals surface area contributed by atoms with Gasteiger partial charge in [-0.1, -0.05) is 0 Å². The number of piperazine rings is 1. The van der Waals surface area contributed by atoms with Crippen LogP contribution in [0.1, 0.15) is 19.4 Å². The zero-order chi connectivity index (χ0) is 22.7. The van der Waals surface area contributed by atoms with E-state index in [0.29, 0.717) is 24.8 Å². The van der Waals surface area contributed by atoms with Gasteiger partial charge in [0.05, 0.1) is 0 Å². The third-order valence-electron chi connectivity index (χ3n) is 5.05. The molecule has 1 fully saturated rings. The number of oxazole rings is 1. The number of nitrogens with zero attached hydrogens (tertiary/aromatic N) is 3. The molecule has 172 valence electrons. The molecule has 0 saturated carbocycles. The maximum absolute atomic E-state index is 10.8. The third kappa shape index (κ3) is 5.85. The van der Waals surface area contributed by atoms with Crippen LogP contribution in [0.2, 0.25) is 5.02 Å². The van der Waals surface area contributed by atoms with E-state index in [-0.39, 0.29) is 27.8 Å². The van der Waals surface area contributed by atoms with Crippen molar-refractivity contribution in [2.24, 2.45) is 0 Å². The van der Waals surface area contributed by atoms with E-state index in [0.717, 1.165) is 42.8 Å². The molecule has 2 heterocycles. The number of carboxylic acids is 1. The van der Waals surface area contributed by atoms with Crippen LogP contribution in [0.5, 0.6) is 5.75 Å². The molecule has 1 aliphatic rings. The van der Waals surface area contributed by atoms with Crippen molar-refractivity contribution in [1.82, 2.24) is 9.88 Å². The van der Waals surface area contributed by atoms with Crippen LogP contribution < -0.4 is 30.8 Å². The second-order valence-corrected chi connectivity index (χ2v) is 13.0. The van der Waals surface area contributed by atoms with E-state index in [1.54, 1.807) is 6.07 Å². The van der Waals surface area contributed by atoms with Crippen molar-refractivity contribution in [3.05, 3.63) is 53.1 Å². The Morgan fingerprint density at radius 2 is 2.16 bits per heavy atom. The number of hydrogen-bond donors (Lipinski definition) is 1. The molecule has 32 heavy (non-hydrogen) atoms. The van der Waals surface area contributed by atoms with Gasteiger partial charge in [0, 0.05) is 0 Å². The van der Waals surface area contributed by atoms with Gasteiger partial charge in [-0.25, -0.2) is 0 Å². The number of anilines is 1. The number of aliphatic carboxylic acids is 1. The number of alkyl halides is 2. The average Bonchev–Trinajstić information content (AvgIpc) is 3.15. The fraction of sp³-hybridized carbons (Fsp3) is 0.391. The summed E-state index contributed by atoms with van der Waals surface area (Å²) in [5.41, 5.74) is 2.65. The Morgan fingerprint density at radius 1 is 1.31 bits per heavy atom. The van der Waals surface area contributed by atoms with Crippen molar-refractivity contribution < 1.29 is 40.3 Å². The second-order valence-electron chi connectivity index (χ2n) is 7.94. The van der Waals surface area contributed by atoms with E-state index in [1.165, 1.54) is 0 Å². The van der Waals surface area contributed by atoms with Gasteiger partial charge in [0.1, 0.15) is 0 Å². The number of aromatic nitrogens is 1. The van der Waals surface area contributed by atoms with Crippen LogP contribution in [-0.4, -0.2) is 55.2 Å². The van der Waals surface area contributed by atoms with Gasteiger partial charge in [-0.05, 0) is 0 Å². The van der Waals surface area contributed by atoms with Crippen LogP contribution >= 0.6 is 11.6 Å². The molecule has 0 bridgehead atoms. The molecular formula is C23H26ClIN3O4-. The van der Waals surface area contributed by atoms with Crippen molar-refractivity contribution in [3.63, 3.8) is 0 Å². The van der Waals surface area contributed by atoms with Crippen LogP contribution in [0.25, 0.3) is 11.1 Å². The third-order valence-corrected chi connectivity index (χ3v) is 8.62. The standard InChI is InChI=1S/C23H26ClIN3O4/c1-15(2)25-21-13-27(12-16-4-3-5-18(10-16)31-14-22(29)30)8-9-28(21)23-26-19-7-6-17(24)11-20(19)32-23/h3-7,10-11,15,21H,8-9,12-14H2,1-2H3,(H,29,30)/q-1. The first-order chi connectivity index (χ1) is 15.4. The Bertz CT molecular complexity index is 1090. The van der Waals surface area contributed by atoms with E-state index in [9.17, 15) is 4.79 Å². The van der Waals surface area contributed by atoms with Gasteiger partial charge < -0.3 is 0 Å². The fourth-order valence-electron chi connectivity index (χ4n) is 3.70. The molecule has 0 amide bonds. The fourth-order valence-corrected chi connectivity index (χ4v) is 7.21. The Labute approximate surface area is 202 Å². The molecule has 1 atom stereocenters. The number of halogens is 2. The molecule has 4 rings (SSSR count). The molecule has 2 aromatic carbocycles. The van der Waals surface area contributed by atoms with E-state index in [2.05, 4.69) is 29.7 Å². The van der Waals surface area contributed by atoms with Crippen LogP contribution in [0.15, 0.2) is 46.9 Å². The van der Waals surface area contributed by atoms with Crippen LogP contribution in [0, 0.1) is 0 Å². The second kappa shape index (κ2) is 10.3. The van der Waals surface area contributed by atoms with Gasteiger partial charge in [-0.15, -0.1) is 0 Å². The first-order valence-corrected chi connectivity index (χ1v) is 13.3. The molecule has 1 saturated heterocycles. The monoisotopic (exact) mass is 570 g/mol. The topological polar surface area (TPSA) is 79.0 Å². The van der Waals surface area contributed by atoms with Gasteiger partial charge in [-0.2, -0.15) is 0 Å². The average molecular weight is 571 g/mol. The summed E-state index contributed by atoms with van der Waals surface area (Å²) in [6.45, 7) is 7.67. The molecule has 9 heteroatoms. The van der Waals surface area contributed by atoms with Gasteiger partial charge in [0.25, 0.3) is 0 Å². The zero-order valence-corrected chi connectivity index (χ0v) is 20.9. The normalized spacial score (nSPS) is 17.4. The number of carboxylic acid groups (broad SMARTS) is 1. The summed E-state index contributed by atoms with van der Waals surface area (Å²) in [4.78, 5) is 20.3. The maximum atomic E-state index is 10.8. The summed E-state index contributed by atoms with van der Waals surface area (Å²) < 4.78 is 12.4. The van der Waals surface area contributed by atoms with Gasteiger partial charge >= 0.3 is 203 Å². The minimum atomic E-state index is -0.978. The van der Waals surface area contributed by atoms with Crippen LogP contribution in [0.4, 0.5) is 6.01 Å². The van der Waals surface area contributed by atoms with E-state index in [4.69, 9.17) is 30.8 Å². The number of fused-ring (bicyclic) bond motifs is 1. The summed E-state index contributed by atoms with van der Waals surface area (Å²) in [5.74, 6) is -0.395. The SMILES string of the molecule is CC(C)[I-]C1CN(Cc2cccc(OCC(=O)O)c2)CCN1c1nc2ccc(Cl)cc2o1. The summed E-state index contributed by atoms with van der Waals surface area (Å²) in [6, 6.07) is 13.9. The zero-order valence-electron chi connectivity index (χ0n) is 18.0. The molecular weight excluding hydrogens is 545 g/mol. The molecule has 1 aliphatic heterocycles. The van der Waals surface area contributed by atoms with Gasteiger partial charge in [-0.3, -0.25) is 0 Å². The van der Waals surface area contributed by atoms with Crippen molar-refractivity contribution in [1.29, 1.82) is 0 Å². The number of benzene rings is 2. The summed E-state index contributed by atoms with van der Waals surface area (Å²) in [6.07, 6.45) is 0. The molecule has 1 N–H and O–H groups in total. The molecule has 1 unspecified atom stereocenters. The van der Waals surface area contributed by atoms with Gasteiger partial charge in [0.2, 0.25) is 0 Å². The quantitative estimate of drug-likeness (QED) is 0.247. The Morgan fingerprint density at radius 3 is 2.94 bits per heavy atom. The van der Waals surface area contributed by atoms with Crippen molar-refractivity contribution >= 4 is 34.7 Å². The predicted molar refractivity (Wildman–Crippen MR) is 120 cm³/mol. The molecule has 0 spiro atoms. The first-order valence-electron chi connectivity index (χ1n) is 10.5. The molecule has 1 aromatic heterocycles. The Hall–Kier alpha value is -2.04. The van der Waals surface area contributed by atoms with Crippen molar-refractivity contribution in [2.75, 3.05) is 31.1 Å². The Balaban J connectivity index is 1.47. The minimum absolute atomic E-state index is 0.113. The molecule has 3 aromatic rings. The van der Waals surface area contributed by atoms with E-state index < -0.39 is 5.97 Å². The molecule has 7 nitrogen and oxygen atoms in total. The van der Waals surface area contributed by atoms with Crippen molar-refractivity contribution in [3.8, 4) is 5.75 Å². The number of carbonyl (C=O) groups is 1. The number of hydrogen-bond acceptors (Lipinski definition) is 6. The summed E-state index contributed by atoms with van der Waals surface area (Å²) in [7, 11) is 0. The molecule has 0 radical (unpaired) electrons. The van der Waals surface area contributed by atoms with E-state index >= 15 is 0 Å². The first kappa shape index (κ1) is 23.1. The summed E-state index contributed by atoms with van der Waals surface area (Å²) in [5, 5.41) is 9.47. The van der Waals surface area contributed by atoms with Crippen molar-refractivity contribution in [2.45, 2.75) is 28.4 Å². The van der Waals surface area contributed by atoms with E-state index in [1.807, 2.05) is 30.3 Å². The Kier molecular flexibility index (Phi) is 7.42. The van der Waals surface area contributed by atoms with Crippen LogP contribution in [-0.2, 0) is 11.3 Å². The number of ether oxygens (including phenoxy) is 1.